The number of aromatic nitrogens is 1. The van der Waals surface area contributed by atoms with Crippen LogP contribution in [-0.2, 0) is 0 Å². The summed E-state index contributed by atoms with van der Waals surface area (Å²) in [7, 11) is 0. The molecule has 1 unspecified atom stereocenters. The largest absolute Gasteiger partial charge is 0.489 e. The minimum Gasteiger partial charge on any atom is -0.489 e. The molecule has 1 amide bonds. The molecule has 0 bridgehead atoms. The van der Waals surface area contributed by atoms with E-state index < -0.39 is 0 Å². The molecule has 2 aromatic rings. The first-order valence-electron chi connectivity index (χ1n) is 7.99. The molecule has 4 rings (SSSR count). The molecule has 1 atom stereocenters. The van der Waals surface area contributed by atoms with Gasteiger partial charge in [0.2, 0.25) is 0 Å². The van der Waals surface area contributed by atoms with Gasteiger partial charge in [-0.15, -0.1) is 0 Å². The van der Waals surface area contributed by atoms with Crippen LogP contribution in [0.5, 0.6) is 5.75 Å². The molecule has 4 nitrogen and oxygen atoms in total. The molecule has 1 saturated carbocycles. The second kappa shape index (κ2) is 5.52. The molecule has 1 saturated heterocycles. The predicted octanol–water partition coefficient (Wildman–Crippen LogP) is 3.19. The van der Waals surface area contributed by atoms with Crippen LogP contribution in [0.4, 0.5) is 0 Å². The van der Waals surface area contributed by atoms with Gasteiger partial charge in [0.05, 0.1) is 12.1 Å². The molecule has 1 aromatic heterocycles. The number of nitrogens with zero attached hydrogens (tertiary/aromatic N) is 1. The number of carbonyl (C=O) groups excluding carboxylic acids is 1. The summed E-state index contributed by atoms with van der Waals surface area (Å²) in [5.41, 5.74) is 1.97. The highest BCUT2D eigenvalue weighted by Gasteiger charge is 2.33. The van der Waals surface area contributed by atoms with Crippen LogP contribution in [0, 0.1) is 0 Å². The molecule has 1 aliphatic carbocycles. The Morgan fingerprint density at radius 3 is 2.73 bits per heavy atom. The number of benzene rings is 1. The van der Waals surface area contributed by atoms with Crippen molar-refractivity contribution in [2.45, 2.75) is 31.3 Å². The quantitative estimate of drug-likeness (QED) is 0.942. The van der Waals surface area contributed by atoms with Crippen LogP contribution >= 0.6 is 0 Å². The van der Waals surface area contributed by atoms with Gasteiger partial charge in [0.15, 0.2) is 0 Å². The standard InChI is InChI=1S/C18H20N2O2/c21-18(16-8-10-19-17(16)13-6-7-13)20-11-9-15(12-20)22-14-4-2-1-3-5-14/h1-5,8,10,13,15,19H,6-7,9,11-12H2. The summed E-state index contributed by atoms with van der Waals surface area (Å²) in [6.45, 7) is 1.44. The summed E-state index contributed by atoms with van der Waals surface area (Å²) in [4.78, 5) is 17.9. The van der Waals surface area contributed by atoms with Crippen LogP contribution in [0.3, 0.4) is 0 Å². The molecule has 2 heterocycles. The number of aromatic amines is 1. The Balaban J connectivity index is 1.41. The number of likely N-dealkylation sites (tertiary alicyclic amines) is 1. The SMILES string of the molecule is O=C(c1cc[nH]c1C1CC1)N1CCC(Oc2ccccc2)C1. The Kier molecular flexibility index (Phi) is 3.37. The molecular weight excluding hydrogens is 276 g/mol. The van der Waals surface area contributed by atoms with Crippen molar-refractivity contribution in [3.63, 3.8) is 0 Å². The van der Waals surface area contributed by atoms with Crippen molar-refractivity contribution in [1.82, 2.24) is 9.88 Å². The molecule has 22 heavy (non-hydrogen) atoms. The maximum atomic E-state index is 12.7. The van der Waals surface area contributed by atoms with Crippen molar-refractivity contribution in [3.05, 3.63) is 53.9 Å². The average molecular weight is 296 g/mol. The van der Waals surface area contributed by atoms with Gasteiger partial charge in [-0.05, 0) is 37.0 Å². The third-order valence-electron chi connectivity index (χ3n) is 4.47. The summed E-state index contributed by atoms with van der Waals surface area (Å²) >= 11 is 0. The van der Waals surface area contributed by atoms with Gasteiger partial charge in [-0.1, -0.05) is 18.2 Å². The highest BCUT2D eigenvalue weighted by molar-refractivity contribution is 5.96. The lowest BCUT2D eigenvalue weighted by Crippen LogP contribution is -2.31. The Bertz CT molecular complexity index is 661. The second-order valence-corrected chi connectivity index (χ2v) is 6.17. The third-order valence-corrected chi connectivity index (χ3v) is 4.47. The third kappa shape index (κ3) is 2.61. The first kappa shape index (κ1) is 13.4. The van der Waals surface area contributed by atoms with Crippen LogP contribution in [-0.4, -0.2) is 35.0 Å². The van der Waals surface area contributed by atoms with Crippen LogP contribution in [0.1, 0.15) is 41.2 Å². The fraction of sp³-hybridized carbons (Fsp3) is 0.389. The van der Waals surface area contributed by atoms with E-state index in [1.54, 1.807) is 0 Å². The van der Waals surface area contributed by atoms with E-state index in [1.165, 1.54) is 12.8 Å². The molecule has 2 fully saturated rings. The Hall–Kier alpha value is -2.23. The van der Waals surface area contributed by atoms with E-state index in [4.69, 9.17) is 4.74 Å². The zero-order chi connectivity index (χ0) is 14.9. The molecule has 4 heteroatoms. The molecular formula is C18H20N2O2. The Morgan fingerprint density at radius 1 is 1.14 bits per heavy atom. The number of rotatable bonds is 4. The van der Waals surface area contributed by atoms with Crippen molar-refractivity contribution in [1.29, 1.82) is 0 Å². The Morgan fingerprint density at radius 2 is 1.95 bits per heavy atom. The van der Waals surface area contributed by atoms with E-state index in [-0.39, 0.29) is 12.0 Å². The van der Waals surface area contributed by atoms with Gasteiger partial charge >= 0.3 is 0 Å². The number of H-pyrrole nitrogens is 1. The van der Waals surface area contributed by atoms with Crippen LogP contribution in [0.25, 0.3) is 0 Å². The molecule has 1 aliphatic heterocycles. The first-order valence-corrected chi connectivity index (χ1v) is 7.99. The van der Waals surface area contributed by atoms with Crippen molar-refractivity contribution >= 4 is 5.91 Å². The monoisotopic (exact) mass is 296 g/mol. The van der Waals surface area contributed by atoms with Crippen LogP contribution in [0.15, 0.2) is 42.6 Å². The van der Waals surface area contributed by atoms with Crippen molar-refractivity contribution in [2.75, 3.05) is 13.1 Å². The minimum absolute atomic E-state index is 0.0923. The molecule has 0 spiro atoms. The van der Waals surface area contributed by atoms with Gasteiger partial charge in [0.25, 0.3) is 5.91 Å². The van der Waals surface area contributed by atoms with Crippen molar-refractivity contribution < 1.29 is 9.53 Å². The molecule has 114 valence electrons. The van der Waals surface area contributed by atoms with E-state index in [0.717, 1.165) is 30.0 Å². The smallest absolute Gasteiger partial charge is 0.255 e. The topological polar surface area (TPSA) is 45.3 Å². The number of ether oxygens (including phenoxy) is 1. The molecule has 1 N–H and O–H groups in total. The lowest BCUT2D eigenvalue weighted by Gasteiger charge is -2.17. The Labute approximate surface area is 130 Å². The predicted molar refractivity (Wildman–Crippen MR) is 84.1 cm³/mol. The maximum absolute atomic E-state index is 12.7. The van der Waals surface area contributed by atoms with E-state index in [2.05, 4.69) is 4.98 Å². The van der Waals surface area contributed by atoms with Gasteiger partial charge in [-0.2, -0.15) is 0 Å². The van der Waals surface area contributed by atoms with Gasteiger partial charge in [-0.25, -0.2) is 0 Å². The summed E-state index contributed by atoms with van der Waals surface area (Å²) in [5.74, 6) is 1.58. The highest BCUT2D eigenvalue weighted by Crippen LogP contribution is 2.41. The fourth-order valence-corrected chi connectivity index (χ4v) is 3.15. The zero-order valence-corrected chi connectivity index (χ0v) is 12.5. The number of nitrogens with one attached hydrogen (secondary N) is 1. The first-order chi connectivity index (χ1) is 10.8. The molecule has 0 radical (unpaired) electrons. The molecule has 1 aromatic carbocycles. The number of hydrogen-bond acceptors (Lipinski definition) is 2. The van der Waals surface area contributed by atoms with Gasteiger partial charge in [0.1, 0.15) is 11.9 Å². The van der Waals surface area contributed by atoms with Gasteiger partial charge < -0.3 is 14.6 Å². The average Bonchev–Trinajstić information content (AvgIpc) is 3.09. The van der Waals surface area contributed by atoms with Crippen molar-refractivity contribution in [2.24, 2.45) is 0 Å². The zero-order valence-electron chi connectivity index (χ0n) is 12.5. The second-order valence-electron chi connectivity index (χ2n) is 6.17. The van der Waals surface area contributed by atoms with E-state index in [1.807, 2.05) is 47.5 Å². The minimum atomic E-state index is 0.0923. The van der Waals surface area contributed by atoms with E-state index in [0.29, 0.717) is 12.5 Å². The normalized spacial score (nSPS) is 21.1. The number of hydrogen-bond donors (Lipinski definition) is 1. The number of amides is 1. The maximum Gasteiger partial charge on any atom is 0.255 e. The van der Waals surface area contributed by atoms with Gasteiger partial charge in [-0.3, -0.25) is 4.79 Å². The van der Waals surface area contributed by atoms with E-state index >= 15 is 0 Å². The number of para-hydroxylation sites is 1. The highest BCUT2D eigenvalue weighted by atomic mass is 16.5. The van der Waals surface area contributed by atoms with Crippen molar-refractivity contribution in [3.8, 4) is 5.75 Å². The summed E-state index contributed by atoms with van der Waals surface area (Å²) in [6, 6.07) is 11.7. The van der Waals surface area contributed by atoms with E-state index in [9.17, 15) is 4.79 Å². The van der Waals surface area contributed by atoms with Crippen LogP contribution < -0.4 is 4.74 Å². The lowest BCUT2D eigenvalue weighted by atomic mass is 10.1. The molecule has 2 aliphatic rings. The lowest BCUT2D eigenvalue weighted by molar-refractivity contribution is 0.0771. The summed E-state index contributed by atoms with van der Waals surface area (Å²) in [6.07, 6.45) is 5.26. The summed E-state index contributed by atoms with van der Waals surface area (Å²) < 4.78 is 5.96. The fourth-order valence-electron chi connectivity index (χ4n) is 3.15. The van der Waals surface area contributed by atoms with Gasteiger partial charge in [0, 0.05) is 24.9 Å². The number of carbonyl (C=O) groups is 1. The van der Waals surface area contributed by atoms with Crippen LogP contribution in [0.2, 0.25) is 0 Å². The summed E-state index contributed by atoms with van der Waals surface area (Å²) in [5, 5.41) is 0.